The molecular formula is C12H24N2O5. The lowest BCUT2D eigenvalue weighted by atomic mass is 10.3. The molecule has 0 aromatic carbocycles. The summed E-state index contributed by atoms with van der Waals surface area (Å²) >= 11 is 0. The van der Waals surface area contributed by atoms with Crippen molar-refractivity contribution in [3.63, 3.8) is 0 Å². The lowest BCUT2D eigenvalue weighted by molar-refractivity contribution is -0.140. The Bertz CT molecular complexity index is 273. The lowest BCUT2D eigenvalue weighted by Crippen LogP contribution is -2.40. The number of ether oxygens (including phenoxy) is 2. The third-order valence-electron chi connectivity index (χ3n) is 2.40. The Labute approximate surface area is 113 Å². The average molecular weight is 276 g/mol. The SMILES string of the molecule is COCC(O)CN(C)CC(=O)NCCCC(=O)OC. The molecule has 7 nitrogen and oxygen atoms in total. The number of carbonyl (C=O) groups is 2. The lowest BCUT2D eigenvalue weighted by Gasteiger charge is -2.19. The van der Waals surface area contributed by atoms with Gasteiger partial charge in [-0.05, 0) is 13.5 Å². The molecule has 1 atom stereocenters. The quantitative estimate of drug-likeness (QED) is 0.393. The molecule has 0 aromatic heterocycles. The standard InChI is InChI=1S/C12H24N2O5/c1-14(7-10(15)9-18-2)8-11(16)13-6-4-5-12(17)19-3/h10,15H,4-9H2,1-3H3,(H,13,16). The van der Waals surface area contributed by atoms with Gasteiger partial charge >= 0.3 is 5.97 Å². The second-order valence-electron chi connectivity index (χ2n) is 4.34. The molecule has 0 bridgehead atoms. The van der Waals surface area contributed by atoms with Gasteiger partial charge in [-0.25, -0.2) is 0 Å². The van der Waals surface area contributed by atoms with Crippen LogP contribution in [0, 0.1) is 0 Å². The van der Waals surface area contributed by atoms with Crippen LogP contribution in [0.3, 0.4) is 0 Å². The van der Waals surface area contributed by atoms with Crippen LogP contribution in [0.4, 0.5) is 0 Å². The summed E-state index contributed by atoms with van der Waals surface area (Å²) in [5.74, 6) is -0.425. The second kappa shape index (κ2) is 10.7. The van der Waals surface area contributed by atoms with Crippen LogP contribution in [0.2, 0.25) is 0 Å². The van der Waals surface area contributed by atoms with Gasteiger partial charge in [0.2, 0.25) is 5.91 Å². The highest BCUT2D eigenvalue weighted by Crippen LogP contribution is 1.92. The summed E-state index contributed by atoms with van der Waals surface area (Å²) in [4.78, 5) is 24.1. The third-order valence-corrected chi connectivity index (χ3v) is 2.40. The van der Waals surface area contributed by atoms with E-state index >= 15 is 0 Å². The molecule has 0 rings (SSSR count). The number of rotatable bonds is 10. The molecule has 19 heavy (non-hydrogen) atoms. The van der Waals surface area contributed by atoms with E-state index in [1.807, 2.05) is 0 Å². The van der Waals surface area contributed by atoms with Gasteiger partial charge in [-0.3, -0.25) is 14.5 Å². The minimum absolute atomic E-state index is 0.142. The number of carbonyl (C=O) groups excluding carboxylic acids is 2. The maximum atomic E-state index is 11.5. The van der Waals surface area contributed by atoms with Crippen molar-refractivity contribution >= 4 is 11.9 Å². The molecule has 0 aromatic rings. The smallest absolute Gasteiger partial charge is 0.305 e. The van der Waals surface area contributed by atoms with Crippen molar-refractivity contribution in [2.45, 2.75) is 18.9 Å². The zero-order valence-electron chi connectivity index (χ0n) is 11.8. The van der Waals surface area contributed by atoms with Crippen LogP contribution in [0.5, 0.6) is 0 Å². The van der Waals surface area contributed by atoms with E-state index in [2.05, 4.69) is 10.1 Å². The van der Waals surface area contributed by atoms with Crippen LogP contribution < -0.4 is 5.32 Å². The first kappa shape index (κ1) is 17.8. The van der Waals surface area contributed by atoms with Crippen molar-refractivity contribution in [2.24, 2.45) is 0 Å². The van der Waals surface area contributed by atoms with Gasteiger partial charge in [0.05, 0.1) is 26.4 Å². The number of amides is 1. The summed E-state index contributed by atoms with van der Waals surface area (Å²) in [7, 11) is 4.59. The average Bonchev–Trinajstić information content (AvgIpc) is 2.34. The molecule has 1 amide bonds. The number of aliphatic hydroxyl groups excluding tert-OH is 1. The molecule has 0 saturated heterocycles. The predicted molar refractivity (Wildman–Crippen MR) is 69.6 cm³/mol. The zero-order chi connectivity index (χ0) is 14.7. The molecule has 7 heteroatoms. The highest BCUT2D eigenvalue weighted by Gasteiger charge is 2.11. The first-order chi connectivity index (χ1) is 8.99. The summed E-state index contributed by atoms with van der Waals surface area (Å²) in [6, 6.07) is 0. The predicted octanol–water partition coefficient (Wildman–Crippen LogP) is -1.01. The van der Waals surface area contributed by atoms with Gasteiger partial charge in [0.25, 0.3) is 0 Å². The molecule has 0 radical (unpaired) electrons. The molecule has 2 N–H and O–H groups in total. The van der Waals surface area contributed by atoms with Gasteiger partial charge in [0.1, 0.15) is 0 Å². The van der Waals surface area contributed by atoms with Crippen molar-refractivity contribution in [1.29, 1.82) is 0 Å². The maximum absolute atomic E-state index is 11.5. The number of nitrogens with zero attached hydrogens (tertiary/aromatic N) is 1. The largest absolute Gasteiger partial charge is 0.469 e. The van der Waals surface area contributed by atoms with E-state index in [-0.39, 0.29) is 25.0 Å². The first-order valence-corrected chi connectivity index (χ1v) is 6.18. The fourth-order valence-electron chi connectivity index (χ4n) is 1.53. The minimum atomic E-state index is -0.609. The van der Waals surface area contributed by atoms with Crippen LogP contribution >= 0.6 is 0 Å². The highest BCUT2D eigenvalue weighted by molar-refractivity contribution is 5.78. The number of hydrogen-bond acceptors (Lipinski definition) is 6. The molecule has 0 saturated carbocycles. The number of hydrogen-bond donors (Lipinski definition) is 2. The Balaban J connectivity index is 3.64. The molecule has 0 fully saturated rings. The van der Waals surface area contributed by atoms with E-state index in [0.717, 1.165) is 0 Å². The first-order valence-electron chi connectivity index (χ1n) is 6.18. The van der Waals surface area contributed by atoms with E-state index in [1.165, 1.54) is 14.2 Å². The van der Waals surface area contributed by atoms with Crippen LogP contribution in [0.1, 0.15) is 12.8 Å². The molecular weight excluding hydrogens is 252 g/mol. The zero-order valence-corrected chi connectivity index (χ0v) is 11.8. The molecule has 1 unspecified atom stereocenters. The number of likely N-dealkylation sites (N-methyl/N-ethyl adjacent to an activating group) is 1. The van der Waals surface area contributed by atoms with Crippen LogP contribution in [0.25, 0.3) is 0 Å². The monoisotopic (exact) mass is 276 g/mol. The number of aliphatic hydroxyl groups is 1. The van der Waals surface area contributed by atoms with E-state index in [4.69, 9.17) is 4.74 Å². The van der Waals surface area contributed by atoms with Crippen molar-refractivity contribution in [1.82, 2.24) is 10.2 Å². The third kappa shape index (κ3) is 10.4. The van der Waals surface area contributed by atoms with Gasteiger partial charge < -0.3 is 19.9 Å². The Kier molecular flexibility index (Phi) is 10.1. The molecule has 112 valence electrons. The minimum Gasteiger partial charge on any atom is -0.469 e. The Hall–Kier alpha value is -1.18. The summed E-state index contributed by atoms with van der Waals surface area (Å²) in [5.41, 5.74) is 0. The fraction of sp³-hybridized carbons (Fsp3) is 0.833. The van der Waals surface area contributed by atoms with Crippen molar-refractivity contribution in [3.8, 4) is 0 Å². The van der Waals surface area contributed by atoms with Gasteiger partial charge in [-0.15, -0.1) is 0 Å². The van der Waals surface area contributed by atoms with E-state index in [0.29, 0.717) is 25.9 Å². The van der Waals surface area contributed by atoms with Gasteiger partial charge in [0, 0.05) is 26.6 Å². The maximum Gasteiger partial charge on any atom is 0.305 e. The van der Waals surface area contributed by atoms with Crippen molar-refractivity contribution in [3.05, 3.63) is 0 Å². The Morgan fingerprint density at radius 2 is 2.05 bits per heavy atom. The van der Waals surface area contributed by atoms with E-state index < -0.39 is 6.10 Å². The number of nitrogens with one attached hydrogen (secondary N) is 1. The normalized spacial score (nSPS) is 12.3. The number of esters is 1. The van der Waals surface area contributed by atoms with Crippen LogP contribution in [0.15, 0.2) is 0 Å². The summed E-state index contributed by atoms with van der Waals surface area (Å²) in [6.45, 7) is 1.23. The van der Waals surface area contributed by atoms with Crippen LogP contribution in [-0.4, -0.2) is 75.5 Å². The van der Waals surface area contributed by atoms with Crippen molar-refractivity contribution in [2.75, 3.05) is 47.5 Å². The Morgan fingerprint density at radius 3 is 2.63 bits per heavy atom. The van der Waals surface area contributed by atoms with Gasteiger partial charge in [-0.2, -0.15) is 0 Å². The number of methoxy groups -OCH3 is 2. The van der Waals surface area contributed by atoms with Gasteiger partial charge in [-0.1, -0.05) is 0 Å². The molecule has 0 heterocycles. The molecule has 0 spiro atoms. The van der Waals surface area contributed by atoms with Crippen molar-refractivity contribution < 1.29 is 24.2 Å². The molecule has 0 aliphatic rings. The fourth-order valence-corrected chi connectivity index (χ4v) is 1.53. The highest BCUT2D eigenvalue weighted by atomic mass is 16.5. The summed E-state index contributed by atoms with van der Waals surface area (Å²) in [6.07, 6.45) is 0.232. The van der Waals surface area contributed by atoms with E-state index in [9.17, 15) is 14.7 Å². The van der Waals surface area contributed by atoms with Crippen LogP contribution in [-0.2, 0) is 19.1 Å². The van der Waals surface area contributed by atoms with Gasteiger partial charge in [0.15, 0.2) is 0 Å². The summed E-state index contributed by atoms with van der Waals surface area (Å²) < 4.78 is 9.29. The molecule has 0 aliphatic heterocycles. The Morgan fingerprint density at radius 1 is 1.37 bits per heavy atom. The molecule has 0 aliphatic carbocycles. The topological polar surface area (TPSA) is 88.1 Å². The van der Waals surface area contributed by atoms with E-state index in [1.54, 1.807) is 11.9 Å². The summed E-state index contributed by atoms with van der Waals surface area (Å²) in [5, 5.41) is 12.2. The second-order valence-corrected chi connectivity index (χ2v) is 4.34.